The van der Waals surface area contributed by atoms with Crippen molar-refractivity contribution >= 4 is 17.9 Å². The molecular weight excluding hydrogens is 949 g/mol. The molecule has 0 amide bonds. The molecule has 0 saturated carbocycles. The molecule has 0 bridgehead atoms. The van der Waals surface area contributed by atoms with E-state index >= 15 is 0 Å². The molecule has 0 heterocycles. The zero-order valence-electron chi connectivity index (χ0n) is 49.4. The fourth-order valence-corrected chi connectivity index (χ4v) is 7.98. The largest absolute Gasteiger partial charge is 0.462 e. The van der Waals surface area contributed by atoms with Crippen LogP contribution in [0.2, 0.25) is 0 Å². The number of carbonyl (C=O) groups is 3. The minimum absolute atomic E-state index is 0.105. The van der Waals surface area contributed by atoms with Gasteiger partial charge in [-0.3, -0.25) is 14.4 Å². The monoisotopic (exact) mass is 1060 g/mol. The summed E-state index contributed by atoms with van der Waals surface area (Å²) < 4.78 is 16.9. The molecule has 0 aliphatic rings. The highest BCUT2D eigenvalue weighted by Gasteiger charge is 2.19. The van der Waals surface area contributed by atoms with Gasteiger partial charge in [0.1, 0.15) is 13.2 Å². The summed E-state index contributed by atoms with van der Waals surface area (Å²) in [4.78, 5) is 38.3. The van der Waals surface area contributed by atoms with Crippen LogP contribution in [0, 0.1) is 0 Å². The zero-order valence-corrected chi connectivity index (χ0v) is 49.4. The lowest BCUT2D eigenvalue weighted by Gasteiger charge is -2.18. The van der Waals surface area contributed by atoms with Gasteiger partial charge in [-0.25, -0.2) is 0 Å². The maximum atomic E-state index is 12.9. The molecule has 0 aromatic rings. The van der Waals surface area contributed by atoms with Gasteiger partial charge in [-0.05, 0) is 141 Å². The second-order valence-corrected chi connectivity index (χ2v) is 19.8. The van der Waals surface area contributed by atoms with Crippen LogP contribution < -0.4 is 0 Å². The minimum atomic E-state index is -0.811. The first-order valence-corrected chi connectivity index (χ1v) is 31.0. The number of hydrogen-bond acceptors (Lipinski definition) is 6. The molecule has 6 heteroatoms. The van der Waals surface area contributed by atoms with E-state index in [4.69, 9.17) is 14.2 Å². The Balaban J connectivity index is 4.50. The molecule has 0 N–H and O–H groups in total. The minimum Gasteiger partial charge on any atom is -0.462 e. The molecule has 0 rings (SSSR count). The normalized spacial score (nSPS) is 13.2. The molecule has 6 nitrogen and oxygen atoms in total. The van der Waals surface area contributed by atoms with E-state index in [-0.39, 0.29) is 31.1 Å². The van der Waals surface area contributed by atoms with E-state index in [0.717, 1.165) is 173 Å². The number of ether oxygens (including phenoxy) is 3. The Morgan fingerprint density at radius 1 is 0.260 bits per heavy atom. The van der Waals surface area contributed by atoms with Gasteiger partial charge in [0.15, 0.2) is 6.10 Å². The van der Waals surface area contributed by atoms with Gasteiger partial charge in [-0.1, -0.05) is 249 Å². The standard InChI is InChI=1S/C71H112O6/c1-4-7-10-13-16-19-22-25-28-31-33-34-35-36-38-40-43-46-49-52-55-58-61-64-70(73)76-67-68(66-75-69(72)63-60-57-54-51-48-45-42-39-30-27-24-21-18-15-12-9-6-3)77-71(74)65-62-59-56-53-50-47-44-41-37-32-29-26-23-20-17-14-11-8-5-2/h7-12,16-21,25-30,33-34,36-38,41-42,45,68H,4-6,13-15,22-24,31-32,35,39-40,43-44,46-67H2,1-3H3/b10-7-,11-8-,12-9-,19-16-,20-17-,21-18-,28-25-,29-26-,30-27-,34-33-,38-36-,41-37-,45-42-. The quantitative estimate of drug-likeness (QED) is 0.0261. The average Bonchev–Trinajstić information content (AvgIpc) is 3.43. The van der Waals surface area contributed by atoms with Gasteiger partial charge < -0.3 is 14.2 Å². The summed E-state index contributed by atoms with van der Waals surface area (Å²) in [6, 6.07) is 0. The number of esters is 3. The van der Waals surface area contributed by atoms with Gasteiger partial charge in [0.25, 0.3) is 0 Å². The fraction of sp³-hybridized carbons (Fsp3) is 0.592. The van der Waals surface area contributed by atoms with Crippen molar-refractivity contribution in [3.8, 4) is 0 Å². The molecule has 0 spiro atoms. The van der Waals surface area contributed by atoms with Crippen LogP contribution in [0.5, 0.6) is 0 Å². The van der Waals surface area contributed by atoms with E-state index in [1.807, 2.05) is 0 Å². The van der Waals surface area contributed by atoms with E-state index < -0.39 is 6.10 Å². The molecule has 432 valence electrons. The highest BCUT2D eigenvalue weighted by Crippen LogP contribution is 2.14. The summed E-state index contributed by atoms with van der Waals surface area (Å²) in [5.74, 6) is -0.957. The van der Waals surface area contributed by atoms with Crippen LogP contribution in [0.15, 0.2) is 158 Å². The zero-order chi connectivity index (χ0) is 55.7. The first-order valence-electron chi connectivity index (χ1n) is 31.0. The SMILES string of the molecule is CC/C=C\C/C=C\C/C=C\C/C=C\C/C=C\CCCCCCCCCC(=O)OCC(COC(=O)CCCCCC/C=C\C/C=C\C/C=C\C/C=C\CC)OC(=O)CCCCCCCC/C=C\C/C=C\C/C=C\C/C=C\CC. The average molecular weight is 1060 g/mol. The highest BCUT2D eigenvalue weighted by atomic mass is 16.6. The van der Waals surface area contributed by atoms with Crippen LogP contribution in [0.1, 0.15) is 252 Å². The third-order valence-corrected chi connectivity index (χ3v) is 12.5. The predicted octanol–water partition coefficient (Wildman–Crippen LogP) is 21.3. The van der Waals surface area contributed by atoms with Crippen molar-refractivity contribution in [2.45, 2.75) is 258 Å². The van der Waals surface area contributed by atoms with Crippen molar-refractivity contribution < 1.29 is 28.6 Å². The number of carbonyl (C=O) groups excluding carboxylic acids is 3. The summed E-state index contributed by atoms with van der Waals surface area (Å²) in [6.45, 7) is 6.25. The van der Waals surface area contributed by atoms with Crippen molar-refractivity contribution in [1.82, 2.24) is 0 Å². The summed E-state index contributed by atoms with van der Waals surface area (Å²) in [7, 11) is 0. The Labute approximate surface area is 473 Å². The molecule has 0 aliphatic heterocycles. The van der Waals surface area contributed by atoms with Gasteiger partial charge in [0, 0.05) is 19.3 Å². The lowest BCUT2D eigenvalue weighted by atomic mass is 10.1. The van der Waals surface area contributed by atoms with E-state index in [9.17, 15) is 14.4 Å². The summed E-state index contributed by atoms with van der Waals surface area (Å²) >= 11 is 0. The molecule has 1 atom stereocenters. The molecule has 0 aromatic carbocycles. The van der Waals surface area contributed by atoms with E-state index in [0.29, 0.717) is 19.3 Å². The van der Waals surface area contributed by atoms with Crippen molar-refractivity contribution in [2.24, 2.45) is 0 Å². The number of hydrogen-bond donors (Lipinski definition) is 0. The summed E-state index contributed by atoms with van der Waals surface area (Å²) in [5.41, 5.74) is 0. The van der Waals surface area contributed by atoms with Crippen LogP contribution in [-0.2, 0) is 28.6 Å². The smallest absolute Gasteiger partial charge is 0.306 e. The van der Waals surface area contributed by atoms with Crippen molar-refractivity contribution in [2.75, 3.05) is 13.2 Å². The van der Waals surface area contributed by atoms with Crippen molar-refractivity contribution in [1.29, 1.82) is 0 Å². The Morgan fingerprint density at radius 2 is 0.468 bits per heavy atom. The molecule has 77 heavy (non-hydrogen) atoms. The molecule has 1 unspecified atom stereocenters. The van der Waals surface area contributed by atoms with Gasteiger partial charge >= 0.3 is 17.9 Å². The van der Waals surface area contributed by atoms with Crippen molar-refractivity contribution in [3.63, 3.8) is 0 Å². The second kappa shape index (κ2) is 63.6. The molecular formula is C71H112O6. The molecule has 0 fully saturated rings. The van der Waals surface area contributed by atoms with E-state index in [1.54, 1.807) is 0 Å². The van der Waals surface area contributed by atoms with Gasteiger partial charge in [-0.2, -0.15) is 0 Å². The fourth-order valence-electron chi connectivity index (χ4n) is 7.98. The topological polar surface area (TPSA) is 78.9 Å². The summed E-state index contributed by atoms with van der Waals surface area (Å²) in [5, 5.41) is 0. The first kappa shape index (κ1) is 72.0. The maximum absolute atomic E-state index is 12.9. The van der Waals surface area contributed by atoms with E-state index in [1.165, 1.54) is 38.5 Å². The lowest BCUT2D eigenvalue weighted by molar-refractivity contribution is -0.167. The highest BCUT2D eigenvalue weighted by molar-refractivity contribution is 5.71. The summed E-state index contributed by atoms with van der Waals surface area (Å²) in [6.07, 6.45) is 92.3. The van der Waals surface area contributed by atoms with Crippen LogP contribution >= 0.6 is 0 Å². The van der Waals surface area contributed by atoms with Crippen LogP contribution in [0.25, 0.3) is 0 Å². The van der Waals surface area contributed by atoms with E-state index in [2.05, 4.69) is 179 Å². The predicted molar refractivity (Wildman–Crippen MR) is 334 cm³/mol. The molecule has 0 aliphatic carbocycles. The maximum Gasteiger partial charge on any atom is 0.306 e. The van der Waals surface area contributed by atoms with Gasteiger partial charge in [-0.15, -0.1) is 0 Å². The van der Waals surface area contributed by atoms with Crippen LogP contribution in [0.3, 0.4) is 0 Å². The Bertz CT molecular complexity index is 1740. The number of rotatable bonds is 54. The van der Waals surface area contributed by atoms with Crippen LogP contribution in [-0.4, -0.2) is 37.2 Å². The molecule has 0 aromatic heterocycles. The van der Waals surface area contributed by atoms with Gasteiger partial charge in [0.2, 0.25) is 0 Å². The van der Waals surface area contributed by atoms with Crippen LogP contribution in [0.4, 0.5) is 0 Å². The molecule has 0 radical (unpaired) electrons. The third-order valence-electron chi connectivity index (χ3n) is 12.5. The third kappa shape index (κ3) is 61.8. The number of unbranched alkanes of at least 4 members (excludes halogenated alkanes) is 17. The second-order valence-electron chi connectivity index (χ2n) is 19.8. The first-order chi connectivity index (χ1) is 38.0. The Morgan fingerprint density at radius 3 is 0.727 bits per heavy atom. The lowest BCUT2D eigenvalue weighted by Crippen LogP contribution is -2.30. The molecule has 0 saturated heterocycles. The van der Waals surface area contributed by atoms with Crippen molar-refractivity contribution in [3.05, 3.63) is 158 Å². The Kier molecular flexibility index (Phi) is 59.5. The Hall–Kier alpha value is -4.97. The number of allylic oxidation sites excluding steroid dienone is 26. The van der Waals surface area contributed by atoms with Gasteiger partial charge in [0.05, 0.1) is 0 Å².